The molecule has 1 saturated heterocycles. The summed E-state index contributed by atoms with van der Waals surface area (Å²) in [7, 11) is 0. The molecule has 0 atom stereocenters. The molecule has 32 heavy (non-hydrogen) atoms. The van der Waals surface area contributed by atoms with Gasteiger partial charge in [0.1, 0.15) is 11.5 Å². The number of amides is 3. The van der Waals surface area contributed by atoms with E-state index in [2.05, 4.69) is 25.4 Å². The van der Waals surface area contributed by atoms with Crippen LogP contribution in [-0.4, -0.2) is 50.3 Å². The third-order valence-corrected chi connectivity index (χ3v) is 6.61. The number of aromatic nitrogens is 3. The second-order valence-corrected chi connectivity index (χ2v) is 8.73. The van der Waals surface area contributed by atoms with Crippen molar-refractivity contribution in [1.29, 1.82) is 0 Å². The van der Waals surface area contributed by atoms with Gasteiger partial charge in [-0.05, 0) is 42.1 Å². The fraction of sp³-hybridized carbons (Fsp3) is 0.300. The number of piperidine rings is 1. The molecule has 9 nitrogen and oxygen atoms in total. The van der Waals surface area contributed by atoms with Crippen LogP contribution in [0.1, 0.15) is 50.3 Å². The number of rotatable bonds is 5. The first-order valence-corrected chi connectivity index (χ1v) is 11.6. The SMILES string of the molecule is O=C(NNC(=O)c1csc(C2CCN(C(=O)Cc3ccc(F)cc3)CC2)n1)c1csnn1. The average Bonchev–Trinajstić information content (AvgIpc) is 3.51. The molecule has 4 rings (SSSR count). The van der Waals surface area contributed by atoms with E-state index in [9.17, 15) is 18.8 Å². The van der Waals surface area contributed by atoms with Gasteiger partial charge in [0.25, 0.3) is 11.8 Å². The minimum absolute atomic E-state index is 0.0142. The second-order valence-electron chi connectivity index (χ2n) is 7.23. The minimum atomic E-state index is -0.555. The largest absolute Gasteiger partial charge is 0.342 e. The molecule has 3 amide bonds. The number of halogens is 1. The molecule has 0 radical (unpaired) electrons. The highest BCUT2D eigenvalue weighted by molar-refractivity contribution is 7.09. The van der Waals surface area contributed by atoms with Crippen molar-refractivity contribution in [2.75, 3.05) is 13.1 Å². The molecule has 12 heteroatoms. The number of nitrogens with one attached hydrogen (secondary N) is 2. The molecule has 2 N–H and O–H groups in total. The standard InChI is InChI=1S/C20H19FN6O3S2/c21-14-3-1-12(2-4-14)9-17(28)27-7-5-13(6-8-27)20-22-15(10-31-20)18(29)24-25-19(30)16-11-32-26-23-16/h1-4,10-11,13H,5-9H2,(H,24,29)(H,25,30). The number of hydrogen-bond donors (Lipinski definition) is 2. The summed E-state index contributed by atoms with van der Waals surface area (Å²) in [4.78, 5) is 42.8. The van der Waals surface area contributed by atoms with E-state index in [-0.39, 0.29) is 35.5 Å². The third kappa shape index (κ3) is 5.32. The van der Waals surface area contributed by atoms with Crippen molar-refractivity contribution in [2.24, 2.45) is 0 Å². The minimum Gasteiger partial charge on any atom is -0.342 e. The molecule has 0 saturated carbocycles. The first-order valence-electron chi connectivity index (χ1n) is 9.85. The topological polar surface area (TPSA) is 117 Å². The van der Waals surface area contributed by atoms with Gasteiger partial charge >= 0.3 is 0 Å². The maximum absolute atomic E-state index is 13.0. The van der Waals surface area contributed by atoms with Crippen LogP contribution in [0.4, 0.5) is 4.39 Å². The first kappa shape index (κ1) is 22.0. The Balaban J connectivity index is 1.26. The summed E-state index contributed by atoms with van der Waals surface area (Å²) in [6.45, 7) is 1.20. The van der Waals surface area contributed by atoms with Gasteiger partial charge in [-0.15, -0.1) is 16.4 Å². The van der Waals surface area contributed by atoms with Crippen LogP contribution in [0, 0.1) is 5.82 Å². The summed E-state index contributed by atoms with van der Waals surface area (Å²) in [6.07, 6.45) is 1.74. The van der Waals surface area contributed by atoms with Gasteiger partial charge in [0.2, 0.25) is 5.91 Å². The summed E-state index contributed by atoms with van der Waals surface area (Å²) < 4.78 is 16.6. The number of thiazole rings is 1. The van der Waals surface area contributed by atoms with Crippen LogP contribution in [0.25, 0.3) is 0 Å². The van der Waals surface area contributed by atoms with Gasteiger partial charge < -0.3 is 4.90 Å². The number of likely N-dealkylation sites (tertiary alicyclic amines) is 1. The lowest BCUT2D eigenvalue weighted by Crippen LogP contribution is -2.42. The van der Waals surface area contributed by atoms with Crippen LogP contribution >= 0.6 is 22.9 Å². The van der Waals surface area contributed by atoms with Gasteiger partial charge in [0, 0.05) is 29.8 Å². The van der Waals surface area contributed by atoms with Crippen LogP contribution in [0.5, 0.6) is 0 Å². The molecule has 1 aromatic carbocycles. The van der Waals surface area contributed by atoms with E-state index in [0.29, 0.717) is 13.1 Å². The molecule has 1 aliphatic heterocycles. The van der Waals surface area contributed by atoms with E-state index in [0.717, 1.165) is 34.9 Å². The molecule has 166 valence electrons. The van der Waals surface area contributed by atoms with Crippen molar-refractivity contribution in [1.82, 2.24) is 30.3 Å². The van der Waals surface area contributed by atoms with Crippen LogP contribution < -0.4 is 10.9 Å². The highest BCUT2D eigenvalue weighted by Crippen LogP contribution is 2.30. The van der Waals surface area contributed by atoms with Gasteiger partial charge in [-0.2, -0.15) is 0 Å². The lowest BCUT2D eigenvalue weighted by atomic mass is 9.97. The number of benzene rings is 1. The van der Waals surface area contributed by atoms with E-state index in [1.54, 1.807) is 17.5 Å². The smallest absolute Gasteiger partial charge is 0.291 e. The van der Waals surface area contributed by atoms with Crippen LogP contribution in [0.15, 0.2) is 35.0 Å². The number of hydrogen-bond acceptors (Lipinski definition) is 8. The highest BCUT2D eigenvalue weighted by atomic mass is 32.1. The fourth-order valence-electron chi connectivity index (χ4n) is 3.35. The summed E-state index contributed by atoms with van der Waals surface area (Å²) >= 11 is 2.42. The normalized spacial score (nSPS) is 14.2. The Hall–Kier alpha value is -3.25. The number of carbonyl (C=O) groups is 3. The monoisotopic (exact) mass is 474 g/mol. The lowest BCUT2D eigenvalue weighted by Gasteiger charge is -2.31. The Morgan fingerprint density at radius 2 is 1.72 bits per heavy atom. The number of hydrazine groups is 1. The summed E-state index contributed by atoms with van der Waals surface area (Å²) in [5, 5.41) is 7.57. The highest BCUT2D eigenvalue weighted by Gasteiger charge is 2.26. The zero-order chi connectivity index (χ0) is 22.5. The molecule has 1 aliphatic rings. The number of carbonyl (C=O) groups excluding carboxylic acids is 3. The van der Waals surface area contributed by atoms with E-state index in [1.807, 2.05) is 4.90 Å². The van der Waals surface area contributed by atoms with E-state index >= 15 is 0 Å². The number of nitrogens with zero attached hydrogens (tertiary/aromatic N) is 4. The summed E-state index contributed by atoms with van der Waals surface area (Å²) in [6, 6.07) is 5.95. The quantitative estimate of drug-likeness (QED) is 0.548. The van der Waals surface area contributed by atoms with Crippen molar-refractivity contribution in [3.63, 3.8) is 0 Å². The van der Waals surface area contributed by atoms with Crippen molar-refractivity contribution in [3.8, 4) is 0 Å². The van der Waals surface area contributed by atoms with Gasteiger partial charge in [0.05, 0.1) is 11.4 Å². The zero-order valence-corrected chi connectivity index (χ0v) is 18.4. The molecule has 3 aromatic rings. The molecule has 3 heterocycles. The van der Waals surface area contributed by atoms with E-state index in [1.165, 1.54) is 28.8 Å². The zero-order valence-electron chi connectivity index (χ0n) is 16.8. The van der Waals surface area contributed by atoms with Crippen LogP contribution in [0.3, 0.4) is 0 Å². The van der Waals surface area contributed by atoms with E-state index < -0.39 is 11.8 Å². The molecule has 0 spiro atoms. The summed E-state index contributed by atoms with van der Waals surface area (Å²) in [5.41, 5.74) is 5.72. The average molecular weight is 475 g/mol. The van der Waals surface area contributed by atoms with Gasteiger partial charge in [-0.3, -0.25) is 25.2 Å². The van der Waals surface area contributed by atoms with Gasteiger partial charge in [-0.25, -0.2) is 9.37 Å². The van der Waals surface area contributed by atoms with Gasteiger partial charge in [-0.1, -0.05) is 16.6 Å². The van der Waals surface area contributed by atoms with Crippen molar-refractivity contribution < 1.29 is 18.8 Å². The Kier molecular flexibility index (Phi) is 6.81. The Morgan fingerprint density at radius 3 is 2.38 bits per heavy atom. The summed E-state index contributed by atoms with van der Waals surface area (Å²) in [5.74, 6) is -1.22. The van der Waals surface area contributed by atoms with Crippen molar-refractivity contribution in [2.45, 2.75) is 25.2 Å². The molecule has 0 bridgehead atoms. The predicted octanol–water partition coefficient (Wildman–Crippen LogP) is 2.16. The Labute approximate surface area is 190 Å². The maximum Gasteiger partial charge on any atom is 0.291 e. The molecular formula is C20H19FN6O3S2. The molecule has 0 aliphatic carbocycles. The van der Waals surface area contributed by atoms with Crippen LogP contribution in [0.2, 0.25) is 0 Å². The Morgan fingerprint density at radius 1 is 1.03 bits per heavy atom. The van der Waals surface area contributed by atoms with Gasteiger partial charge in [0.15, 0.2) is 5.69 Å². The molecule has 0 unspecified atom stereocenters. The lowest BCUT2D eigenvalue weighted by molar-refractivity contribution is -0.131. The molecule has 1 fully saturated rings. The Bertz CT molecular complexity index is 1100. The van der Waals surface area contributed by atoms with E-state index in [4.69, 9.17) is 0 Å². The van der Waals surface area contributed by atoms with Crippen LogP contribution in [-0.2, 0) is 11.2 Å². The fourth-order valence-corrected chi connectivity index (χ4v) is 4.76. The molecular weight excluding hydrogens is 455 g/mol. The van der Waals surface area contributed by atoms with Crippen molar-refractivity contribution in [3.05, 3.63) is 62.8 Å². The molecule has 2 aromatic heterocycles. The predicted molar refractivity (Wildman–Crippen MR) is 116 cm³/mol. The maximum atomic E-state index is 13.0. The van der Waals surface area contributed by atoms with Crippen molar-refractivity contribution >= 4 is 40.6 Å². The first-order chi connectivity index (χ1) is 15.5. The second kappa shape index (κ2) is 9.92. The third-order valence-electron chi connectivity index (χ3n) is 5.10.